The van der Waals surface area contributed by atoms with E-state index in [0.29, 0.717) is 12.5 Å². The molecule has 3 rings (SSSR count). The fraction of sp³-hybridized carbons (Fsp3) is 0.471. The SMILES string of the molecule is C#CCN(CC1CC1)C(=O)C1(c2ccccc2)CC1. The molecule has 0 aromatic heterocycles. The van der Waals surface area contributed by atoms with Crippen LogP contribution in [0.25, 0.3) is 0 Å². The van der Waals surface area contributed by atoms with Crippen LogP contribution in [0, 0.1) is 18.3 Å². The number of amides is 1. The summed E-state index contributed by atoms with van der Waals surface area (Å²) in [6, 6.07) is 10.1. The summed E-state index contributed by atoms with van der Waals surface area (Å²) < 4.78 is 0. The van der Waals surface area contributed by atoms with Crippen molar-refractivity contribution in [1.29, 1.82) is 0 Å². The molecule has 0 bridgehead atoms. The Bertz CT molecular complexity index is 506. The molecule has 0 unspecified atom stereocenters. The molecule has 1 aromatic rings. The van der Waals surface area contributed by atoms with Gasteiger partial charge in [0.2, 0.25) is 5.91 Å². The van der Waals surface area contributed by atoms with E-state index in [4.69, 9.17) is 6.42 Å². The summed E-state index contributed by atoms with van der Waals surface area (Å²) >= 11 is 0. The first-order valence-electron chi connectivity index (χ1n) is 7.04. The van der Waals surface area contributed by atoms with Crippen molar-refractivity contribution in [3.05, 3.63) is 35.9 Å². The monoisotopic (exact) mass is 253 g/mol. The van der Waals surface area contributed by atoms with E-state index in [-0.39, 0.29) is 11.3 Å². The molecule has 2 fully saturated rings. The number of nitrogens with zero attached hydrogens (tertiary/aromatic N) is 1. The van der Waals surface area contributed by atoms with Crippen molar-refractivity contribution in [2.45, 2.75) is 31.1 Å². The fourth-order valence-corrected chi connectivity index (χ4v) is 2.75. The first kappa shape index (κ1) is 12.3. The summed E-state index contributed by atoms with van der Waals surface area (Å²) in [6.45, 7) is 1.29. The molecular weight excluding hydrogens is 234 g/mol. The van der Waals surface area contributed by atoms with Crippen LogP contribution < -0.4 is 0 Å². The molecule has 0 aliphatic heterocycles. The topological polar surface area (TPSA) is 20.3 Å². The van der Waals surface area contributed by atoms with E-state index in [1.165, 1.54) is 12.8 Å². The Kier molecular flexibility index (Phi) is 3.06. The van der Waals surface area contributed by atoms with E-state index in [2.05, 4.69) is 18.1 Å². The van der Waals surface area contributed by atoms with Crippen molar-refractivity contribution in [3.8, 4) is 12.3 Å². The fourth-order valence-electron chi connectivity index (χ4n) is 2.75. The lowest BCUT2D eigenvalue weighted by Crippen LogP contribution is -2.40. The summed E-state index contributed by atoms with van der Waals surface area (Å²) in [7, 11) is 0. The van der Waals surface area contributed by atoms with Crippen LogP contribution in [0.3, 0.4) is 0 Å². The molecule has 19 heavy (non-hydrogen) atoms. The van der Waals surface area contributed by atoms with E-state index in [1.807, 2.05) is 23.1 Å². The Morgan fingerprint density at radius 2 is 2.00 bits per heavy atom. The Hall–Kier alpha value is -1.75. The van der Waals surface area contributed by atoms with Crippen molar-refractivity contribution in [2.24, 2.45) is 5.92 Å². The summed E-state index contributed by atoms with van der Waals surface area (Å²) in [5.41, 5.74) is 0.880. The summed E-state index contributed by atoms with van der Waals surface area (Å²) in [5.74, 6) is 3.56. The molecule has 2 heteroatoms. The van der Waals surface area contributed by atoms with Crippen LogP contribution in [0.2, 0.25) is 0 Å². The summed E-state index contributed by atoms with van der Waals surface area (Å²) in [6.07, 6.45) is 9.83. The molecule has 2 saturated carbocycles. The Balaban J connectivity index is 1.79. The molecule has 2 aliphatic rings. The zero-order chi connectivity index (χ0) is 13.3. The molecule has 0 atom stereocenters. The molecular formula is C17H19NO. The molecule has 0 saturated heterocycles. The number of rotatable bonds is 5. The molecule has 2 aliphatic carbocycles. The van der Waals surface area contributed by atoms with E-state index in [0.717, 1.165) is 24.9 Å². The maximum absolute atomic E-state index is 12.8. The van der Waals surface area contributed by atoms with Crippen molar-refractivity contribution in [1.82, 2.24) is 4.90 Å². The highest BCUT2D eigenvalue weighted by atomic mass is 16.2. The molecule has 1 aromatic carbocycles. The molecule has 0 spiro atoms. The van der Waals surface area contributed by atoms with Crippen LogP contribution >= 0.6 is 0 Å². The highest BCUT2D eigenvalue weighted by molar-refractivity contribution is 5.91. The first-order valence-corrected chi connectivity index (χ1v) is 7.04. The average molecular weight is 253 g/mol. The van der Waals surface area contributed by atoms with Gasteiger partial charge in [0.1, 0.15) is 0 Å². The maximum Gasteiger partial charge on any atom is 0.234 e. The van der Waals surface area contributed by atoms with Crippen LogP contribution in [0.1, 0.15) is 31.2 Å². The molecule has 98 valence electrons. The lowest BCUT2D eigenvalue weighted by molar-refractivity contribution is -0.133. The summed E-state index contributed by atoms with van der Waals surface area (Å²) in [4.78, 5) is 14.7. The van der Waals surface area contributed by atoms with E-state index >= 15 is 0 Å². The van der Waals surface area contributed by atoms with Gasteiger partial charge in [-0.2, -0.15) is 0 Å². The van der Waals surface area contributed by atoms with Gasteiger partial charge in [-0.25, -0.2) is 0 Å². The lowest BCUT2D eigenvalue weighted by Gasteiger charge is -2.26. The molecule has 0 N–H and O–H groups in total. The Morgan fingerprint density at radius 3 is 2.53 bits per heavy atom. The normalized spacial score (nSPS) is 19.5. The minimum atomic E-state index is -0.271. The number of carbonyl (C=O) groups is 1. The number of benzene rings is 1. The van der Waals surface area contributed by atoms with Gasteiger partial charge in [0, 0.05) is 6.54 Å². The minimum Gasteiger partial charge on any atom is -0.331 e. The zero-order valence-corrected chi connectivity index (χ0v) is 11.1. The smallest absolute Gasteiger partial charge is 0.234 e. The van der Waals surface area contributed by atoms with Gasteiger partial charge in [0.05, 0.1) is 12.0 Å². The maximum atomic E-state index is 12.8. The Labute approximate surface area is 114 Å². The standard InChI is InChI=1S/C17H19NO/c1-2-12-18(13-14-8-9-14)16(19)17(10-11-17)15-6-4-3-5-7-15/h1,3-7,14H,8-13H2. The van der Waals surface area contributed by atoms with Gasteiger partial charge >= 0.3 is 0 Å². The largest absolute Gasteiger partial charge is 0.331 e. The van der Waals surface area contributed by atoms with Crippen LogP contribution in [-0.4, -0.2) is 23.9 Å². The van der Waals surface area contributed by atoms with E-state index in [1.54, 1.807) is 0 Å². The molecule has 0 heterocycles. The van der Waals surface area contributed by atoms with Crippen LogP contribution in [0.4, 0.5) is 0 Å². The number of hydrogen-bond donors (Lipinski definition) is 0. The Morgan fingerprint density at radius 1 is 1.32 bits per heavy atom. The first-order chi connectivity index (χ1) is 9.26. The second-order valence-electron chi connectivity index (χ2n) is 5.78. The number of carbonyl (C=O) groups excluding carboxylic acids is 1. The van der Waals surface area contributed by atoms with Crippen molar-refractivity contribution < 1.29 is 4.79 Å². The van der Waals surface area contributed by atoms with Gasteiger partial charge < -0.3 is 4.90 Å². The van der Waals surface area contributed by atoms with Gasteiger partial charge in [-0.05, 0) is 37.2 Å². The number of terminal acetylenes is 1. The van der Waals surface area contributed by atoms with E-state index < -0.39 is 0 Å². The van der Waals surface area contributed by atoms with Crippen LogP contribution in [-0.2, 0) is 10.2 Å². The van der Waals surface area contributed by atoms with Crippen molar-refractivity contribution in [3.63, 3.8) is 0 Å². The highest BCUT2D eigenvalue weighted by Gasteiger charge is 2.53. The predicted molar refractivity (Wildman–Crippen MR) is 75.5 cm³/mol. The van der Waals surface area contributed by atoms with Gasteiger partial charge in [-0.3, -0.25) is 4.79 Å². The highest BCUT2D eigenvalue weighted by Crippen LogP contribution is 2.49. The van der Waals surface area contributed by atoms with Gasteiger partial charge in [0.25, 0.3) is 0 Å². The minimum absolute atomic E-state index is 0.239. The second kappa shape index (κ2) is 4.74. The predicted octanol–water partition coefficient (Wildman–Crippen LogP) is 2.59. The third-order valence-electron chi connectivity index (χ3n) is 4.23. The number of hydrogen-bond acceptors (Lipinski definition) is 1. The third-order valence-corrected chi connectivity index (χ3v) is 4.23. The van der Waals surface area contributed by atoms with E-state index in [9.17, 15) is 4.79 Å². The average Bonchev–Trinajstić information content (AvgIpc) is 3.33. The van der Waals surface area contributed by atoms with Crippen LogP contribution in [0.5, 0.6) is 0 Å². The summed E-state index contributed by atoms with van der Waals surface area (Å²) in [5, 5.41) is 0. The zero-order valence-electron chi connectivity index (χ0n) is 11.1. The van der Waals surface area contributed by atoms with Crippen molar-refractivity contribution >= 4 is 5.91 Å². The third kappa shape index (κ3) is 2.38. The van der Waals surface area contributed by atoms with Gasteiger partial charge in [-0.1, -0.05) is 36.3 Å². The van der Waals surface area contributed by atoms with Gasteiger partial charge in [-0.15, -0.1) is 6.42 Å². The quantitative estimate of drug-likeness (QED) is 0.739. The molecule has 0 radical (unpaired) electrons. The van der Waals surface area contributed by atoms with Crippen molar-refractivity contribution in [2.75, 3.05) is 13.1 Å². The molecule has 1 amide bonds. The van der Waals surface area contributed by atoms with Gasteiger partial charge in [0.15, 0.2) is 0 Å². The second-order valence-corrected chi connectivity index (χ2v) is 5.78. The molecule has 2 nitrogen and oxygen atoms in total. The van der Waals surface area contributed by atoms with Crippen LogP contribution in [0.15, 0.2) is 30.3 Å². The lowest BCUT2D eigenvalue weighted by atomic mass is 9.94.